The van der Waals surface area contributed by atoms with Crippen molar-refractivity contribution in [1.82, 2.24) is 4.90 Å². The minimum atomic E-state index is 0. The maximum Gasteiger partial charge on any atom is 0.0104 e. The smallest absolute Gasteiger partial charge is 0.0104 e. The van der Waals surface area contributed by atoms with E-state index in [4.69, 9.17) is 0 Å². The summed E-state index contributed by atoms with van der Waals surface area (Å²) in [6.07, 6.45) is 3.94. The molecule has 2 aromatic carbocycles. The van der Waals surface area contributed by atoms with Gasteiger partial charge in [0.05, 0.1) is 0 Å². The van der Waals surface area contributed by atoms with Crippen LogP contribution in [0.25, 0.3) is 0 Å². The van der Waals surface area contributed by atoms with Gasteiger partial charge in [0.1, 0.15) is 0 Å². The third kappa shape index (κ3) is 4.12. The Labute approximate surface area is 140 Å². The SMILES string of the molecule is CC(CC(c1ccccc1)c1ccccc1)N1CCCC1.Cl. The molecule has 0 N–H and O–H groups in total. The summed E-state index contributed by atoms with van der Waals surface area (Å²) in [5.74, 6) is 0.503. The highest BCUT2D eigenvalue weighted by atomic mass is 35.5. The molecule has 22 heavy (non-hydrogen) atoms. The number of hydrogen-bond donors (Lipinski definition) is 0. The molecule has 1 aliphatic rings. The van der Waals surface area contributed by atoms with Crippen molar-refractivity contribution in [1.29, 1.82) is 0 Å². The quantitative estimate of drug-likeness (QED) is 0.740. The fourth-order valence-corrected chi connectivity index (χ4v) is 3.51. The maximum atomic E-state index is 2.65. The molecule has 0 saturated carbocycles. The predicted molar refractivity (Wildman–Crippen MR) is 96.9 cm³/mol. The molecule has 1 saturated heterocycles. The Morgan fingerprint density at radius 3 is 1.73 bits per heavy atom. The van der Waals surface area contributed by atoms with Crippen molar-refractivity contribution in [3.8, 4) is 0 Å². The summed E-state index contributed by atoms with van der Waals surface area (Å²) >= 11 is 0. The van der Waals surface area contributed by atoms with Gasteiger partial charge in [-0.1, -0.05) is 60.7 Å². The van der Waals surface area contributed by atoms with Crippen LogP contribution in [0.3, 0.4) is 0 Å². The highest BCUT2D eigenvalue weighted by Crippen LogP contribution is 2.31. The van der Waals surface area contributed by atoms with Crippen molar-refractivity contribution < 1.29 is 0 Å². The van der Waals surface area contributed by atoms with E-state index in [2.05, 4.69) is 72.5 Å². The number of hydrogen-bond acceptors (Lipinski definition) is 1. The van der Waals surface area contributed by atoms with E-state index in [9.17, 15) is 0 Å². The van der Waals surface area contributed by atoms with Crippen molar-refractivity contribution in [3.05, 3.63) is 71.8 Å². The van der Waals surface area contributed by atoms with E-state index in [1.165, 1.54) is 43.5 Å². The molecule has 0 bridgehead atoms. The van der Waals surface area contributed by atoms with E-state index in [1.807, 2.05) is 0 Å². The molecule has 1 atom stereocenters. The second kappa shape index (κ2) is 8.36. The lowest BCUT2D eigenvalue weighted by atomic mass is 9.86. The van der Waals surface area contributed by atoms with Crippen LogP contribution < -0.4 is 0 Å². The lowest BCUT2D eigenvalue weighted by molar-refractivity contribution is 0.241. The monoisotopic (exact) mass is 315 g/mol. The van der Waals surface area contributed by atoms with Crippen molar-refractivity contribution in [2.24, 2.45) is 0 Å². The van der Waals surface area contributed by atoms with Gasteiger partial charge in [0, 0.05) is 12.0 Å². The Morgan fingerprint density at radius 2 is 1.27 bits per heavy atom. The Morgan fingerprint density at radius 1 is 0.818 bits per heavy atom. The van der Waals surface area contributed by atoms with Crippen LogP contribution in [0.4, 0.5) is 0 Å². The van der Waals surface area contributed by atoms with E-state index >= 15 is 0 Å². The largest absolute Gasteiger partial charge is 0.301 e. The van der Waals surface area contributed by atoms with Crippen LogP contribution in [-0.2, 0) is 0 Å². The first-order valence-electron chi connectivity index (χ1n) is 8.18. The number of nitrogens with zero attached hydrogens (tertiary/aromatic N) is 1. The zero-order chi connectivity index (χ0) is 14.5. The molecule has 1 fully saturated rings. The van der Waals surface area contributed by atoms with Gasteiger partial charge in [-0.25, -0.2) is 0 Å². The fourth-order valence-electron chi connectivity index (χ4n) is 3.51. The summed E-state index contributed by atoms with van der Waals surface area (Å²) in [5.41, 5.74) is 2.88. The van der Waals surface area contributed by atoms with Gasteiger partial charge in [-0.3, -0.25) is 0 Å². The summed E-state index contributed by atoms with van der Waals surface area (Å²) in [5, 5.41) is 0. The average molecular weight is 316 g/mol. The van der Waals surface area contributed by atoms with Gasteiger partial charge in [-0.15, -0.1) is 12.4 Å². The highest BCUT2D eigenvalue weighted by molar-refractivity contribution is 5.85. The molecule has 1 aliphatic heterocycles. The topological polar surface area (TPSA) is 3.24 Å². The van der Waals surface area contributed by atoms with Gasteiger partial charge in [0.2, 0.25) is 0 Å². The van der Waals surface area contributed by atoms with Crippen LogP contribution >= 0.6 is 12.4 Å². The van der Waals surface area contributed by atoms with Gasteiger partial charge in [0.25, 0.3) is 0 Å². The zero-order valence-corrected chi connectivity index (χ0v) is 14.1. The average Bonchev–Trinajstić information content (AvgIpc) is 3.09. The van der Waals surface area contributed by atoms with Crippen LogP contribution in [-0.4, -0.2) is 24.0 Å². The molecular weight excluding hydrogens is 290 g/mol. The highest BCUT2D eigenvalue weighted by Gasteiger charge is 2.23. The van der Waals surface area contributed by atoms with Crippen LogP contribution in [0.1, 0.15) is 43.2 Å². The molecule has 1 unspecified atom stereocenters. The van der Waals surface area contributed by atoms with E-state index in [-0.39, 0.29) is 12.4 Å². The van der Waals surface area contributed by atoms with Gasteiger partial charge in [0.15, 0.2) is 0 Å². The molecule has 118 valence electrons. The van der Waals surface area contributed by atoms with Gasteiger partial charge >= 0.3 is 0 Å². The Hall–Kier alpha value is -1.31. The summed E-state index contributed by atoms with van der Waals surface area (Å²) in [6, 6.07) is 22.6. The van der Waals surface area contributed by atoms with E-state index in [0.717, 1.165) is 0 Å². The number of likely N-dealkylation sites (tertiary alicyclic amines) is 1. The third-order valence-corrected chi connectivity index (χ3v) is 4.74. The van der Waals surface area contributed by atoms with E-state index in [1.54, 1.807) is 0 Å². The molecule has 1 heterocycles. The molecule has 2 heteroatoms. The molecule has 0 amide bonds. The van der Waals surface area contributed by atoms with Crippen molar-refractivity contribution >= 4 is 12.4 Å². The van der Waals surface area contributed by atoms with E-state index < -0.39 is 0 Å². The zero-order valence-electron chi connectivity index (χ0n) is 13.3. The number of benzene rings is 2. The Kier molecular flexibility index (Phi) is 6.48. The normalized spacial score (nSPS) is 16.5. The van der Waals surface area contributed by atoms with Crippen molar-refractivity contribution in [3.63, 3.8) is 0 Å². The molecule has 2 aromatic rings. The van der Waals surface area contributed by atoms with Gasteiger partial charge in [-0.2, -0.15) is 0 Å². The van der Waals surface area contributed by atoms with Crippen molar-refractivity contribution in [2.45, 2.75) is 38.1 Å². The Bertz CT molecular complexity index is 495. The van der Waals surface area contributed by atoms with Crippen LogP contribution in [0.2, 0.25) is 0 Å². The lowest BCUT2D eigenvalue weighted by Gasteiger charge is -2.28. The van der Waals surface area contributed by atoms with Crippen LogP contribution in [0.5, 0.6) is 0 Å². The minimum Gasteiger partial charge on any atom is -0.301 e. The molecule has 0 radical (unpaired) electrons. The first kappa shape index (κ1) is 17.1. The molecule has 3 rings (SSSR count). The molecular formula is C20H26ClN. The van der Waals surface area contributed by atoms with Gasteiger partial charge < -0.3 is 4.90 Å². The van der Waals surface area contributed by atoms with Crippen LogP contribution in [0, 0.1) is 0 Å². The molecule has 0 aliphatic carbocycles. The first-order chi connectivity index (χ1) is 10.3. The second-order valence-corrected chi connectivity index (χ2v) is 6.20. The van der Waals surface area contributed by atoms with Gasteiger partial charge in [-0.05, 0) is 50.4 Å². The summed E-state index contributed by atoms with van der Waals surface area (Å²) in [7, 11) is 0. The summed E-state index contributed by atoms with van der Waals surface area (Å²) in [4.78, 5) is 2.65. The molecule has 0 aromatic heterocycles. The Balaban J connectivity index is 0.00000176. The third-order valence-electron chi connectivity index (χ3n) is 4.74. The minimum absolute atomic E-state index is 0. The fraction of sp³-hybridized carbons (Fsp3) is 0.400. The summed E-state index contributed by atoms with van der Waals surface area (Å²) < 4.78 is 0. The first-order valence-corrected chi connectivity index (χ1v) is 8.18. The number of halogens is 1. The van der Waals surface area contributed by atoms with Crippen LogP contribution in [0.15, 0.2) is 60.7 Å². The second-order valence-electron chi connectivity index (χ2n) is 6.20. The molecule has 1 nitrogen and oxygen atoms in total. The number of rotatable bonds is 5. The van der Waals surface area contributed by atoms with E-state index in [0.29, 0.717) is 12.0 Å². The van der Waals surface area contributed by atoms with Crippen molar-refractivity contribution in [2.75, 3.05) is 13.1 Å². The maximum absolute atomic E-state index is 2.65. The summed E-state index contributed by atoms with van der Waals surface area (Å²) in [6.45, 7) is 4.94. The predicted octanol–water partition coefficient (Wildman–Crippen LogP) is 5.11. The lowest BCUT2D eigenvalue weighted by Crippen LogP contribution is -2.31. The molecule has 0 spiro atoms. The standard InChI is InChI=1S/C20H25N.ClH/c1-17(21-14-8-9-15-21)16-20(18-10-4-2-5-11-18)19-12-6-3-7-13-19;/h2-7,10-13,17,20H,8-9,14-16H2,1H3;1H.